The van der Waals surface area contributed by atoms with Crippen LogP contribution in [0.15, 0.2) is 29.6 Å². The normalized spacial score (nSPS) is 18.4. The van der Waals surface area contributed by atoms with Crippen molar-refractivity contribution in [1.82, 2.24) is 19.6 Å². The average Bonchev–Trinajstić information content (AvgIpc) is 3.28. The number of nitrogens with one attached hydrogen (secondary N) is 2. The van der Waals surface area contributed by atoms with E-state index in [0.717, 1.165) is 17.7 Å². The van der Waals surface area contributed by atoms with Gasteiger partial charge < -0.3 is 10.3 Å². The second-order valence-electron chi connectivity index (χ2n) is 6.90. The lowest BCUT2D eigenvalue weighted by atomic mass is 9.87. The molecule has 0 aliphatic carbocycles. The zero-order valence-corrected chi connectivity index (χ0v) is 16.6. The molecule has 158 valence electrons. The van der Waals surface area contributed by atoms with Gasteiger partial charge in [-0.2, -0.15) is 28.6 Å². The van der Waals surface area contributed by atoms with E-state index in [-0.39, 0.29) is 33.6 Å². The van der Waals surface area contributed by atoms with Crippen LogP contribution in [0.3, 0.4) is 0 Å². The van der Waals surface area contributed by atoms with E-state index in [1.807, 2.05) is 6.07 Å². The molecule has 0 radical (unpaired) electrons. The van der Waals surface area contributed by atoms with Gasteiger partial charge in [0.15, 0.2) is 17.2 Å². The van der Waals surface area contributed by atoms with Crippen LogP contribution >= 0.6 is 11.6 Å². The summed E-state index contributed by atoms with van der Waals surface area (Å²) in [6.45, 7) is 0.626. The van der Waals surface area contributed by atoms with Gasteiger partial charge in [0.1, 0.15) is 11.5 Å². The molecule has 0 amide bonds. The maximum absolute atomic E-state index is 14.2. The fourth-order valence-corrected chi connectivity index (χ4v) is 3.62. The number of hydrogen-bond acceptors (Lipinski definition) is 8. The number of alkyl halides is 3. The molecule has 0 aromatic carbocycles. The van der Waals surface area contributed by atoms with Crippen LogP contribution in [0.25, 0.3) is 5.65 Å². The Hall–Kier alpha value is -3.72. The summed E-state index contributed by atoms with van der Waals surface area (Å²) in [5, 5.41) is 23.8. The summed E-state index contributed by atoms with van der Waals surface area (Å²) in [6.07, 6.45) is 0.194. The van der Waals surface area contributed by atoms with E-state index >= 15 is 0 Å². The molecular weight excluding hydrogens is 435 g/mol. The molecule has 0 saturated heterocycles. The highest BCUT2D eigenvalue weighted by Gasteiger charge is 2.59. The Bertz CT molecular complexity index is 1260. The van der Waals surface area contributed by atoms with Gasteiger partial charge >= 0.3 is 6.18 Å². The van der Waals surface area contributed by atoms with Crippen molar-refractivity contribution in [3.05, 3.63) is 40.9 Å². The molecule has 1 atom stereocenters. The van der Waals surface area contributed by atoms with Gasteiger partial charge in [-0.1, -0.05) is 11.6 Å². The first kappa shape index (κ1) is 20.5. The van der Waals surface area contributed by atoms with Gasteiger partial charge in [-0.3, -0.25) is 5.43 Å². The van der Waals surface area contributed by atoms with E-state index in [1.165, 1.54) is 35.6 Å². The summed E-state index contributed by atoms with van der Waals surface area (Å²) in [6, 6.07) is 4.61. The Morgan fingerprint density at radius 2 is 2.13 bits per heavy atom. The molecule has 1 aliphatic heterocycles. The first-order valence-corrected chi connectivity index (χ1v) is 9.14. The number of rotatable bonds is 4. The number of nitriles is 1. The Labute approximate surface area is 178 Å². The zero-order valence-electron chi connectivity index (χ0n) is 15.8. The second kappa shape index (κ2) is 7.21. The van der Waals surface area contributed by atoms with Gasteiger partial charge in [0.2, 0.25) is 0 Å². The van der Waals surface area contributed by atoms with Crippen LogP contribution in [-0.2, 0) is 5.41 Å². The number of aromatic nitrogens is 4. The molecule has 3 aromatic rings. The van der Waals surface area contributed by atoms with Crippen molar-refractivity contribution in [2.24, 2.45) is 5.10 Å². The van der Waals surface area contributed by atoms with Crippen molar-refractivity contribution in [2.45, 2.75) is 18.5 Å². The predicted molar refractivity (Wildman–Crippen MR) is 108 cm³/mol. The maximum atomic E-state index is 14.2. The molecule has 13 heteroatoms. The van der Waals surface area contributed by atoms with Crippen molar-refractivity contribution in [1.29, 1.82) is 10.7 Å². The Morgan fingerprint density at radius 3 is 2.77 bits per heavy atom. The first-order chi connectivity index (χ1) is 14.7. The van der Waals surface area contributed by atoms with E-state index in [9.17, 15) is 13.2 Å². The van der Waals surface area contributed by atoms with Gasteiger partial charge in [-0.05, 0) is 13.0 Å². The molecule has 1 aliphatic rings. The molecule has 0 bridgehead atoms. The minimum Gasteiger partial charge on any atom is -0.336 e. The smallest absolute Gasteiger partial charge is 0.336 e. The van der Waals surface area contributed by atoms with E-state index in [0.29, 0.717) is 5.69 Å². The van der Waals surface area contributed by atoms with Gasteiger partial charge in [0, 0.05) is 18.8 Å². The van der Waals surface area contributed by atoms with Crippen LogP contribution in [-0.4, -0.2) is 44.7 Å². The van der Waals surface area contributed by atoms with E-state index in [1.54, 1.807) is 0 Å². The number of nitrogens with zero attached hydrogens (tertiary/aromatic N) is 7. The molecule has 2 N–H and O–H groups in total. The fourth-order valence-electron chi connectivity index (χ4n) is 3.42. The average molecular weight is 448 g/mol. The van der Waals surface area contributed by atoms with Crippen LogP contribution in [0.1, 0.15) is 18.3 Å². The molecule has 3 aromatic heterocycles. The fraction of sp³-hybridized carbons (Fsp3) is 0.222. The summed E-state index contributed by atoms with van der Waals surface area (Å²) in [7, 11) is 0. The Balaban J connectivity index is 1.86. The van der Waals surface area contributed by atoms with E-state index in [4.69, 9.17) is 22.3 Å². The van der Waals surface area contributed by atoms with Crippen molar-refractivity contribution in [2.75, 3.05) is 16.9 Å². The molecule has 0 saturated carbocycles. The van der Waals surface area contributed by atoms with Crippen LogP contribution in [0, 0.1) is 16.7 Å². The number of anilines is 3. The minimum absolute atomic E-state index is 0.0329. The molecule has 9 nitrogen and oxygen atoms in total. The van der Waals surface area contributed by atoms with Crippen LogP contribution in [0.5, 0.6) is 0 Å². The Kier molecular flexibility index (Phi) is 4.78. The van der Waals surface area contributed by atoms with Crippen LogP contribution < -0.4 is 10.3 Å². The maximum Gasteiger partial charge on any atom is 0.401 e. The molecule has 0 fully saturated rings. The lowest BCUT2D eigenvalue weighted by molar-refractivity contribution is -0.181. The van der Waals surface area contributed by atoms with Gasteiger partial charge in [0.05, 0.1) is 40.7 Å². The van der Waals surface area contributed by atoms with Crippen molar-refractivity contribution in [3.8, 4) is 6.07 Å². The van der Waals surface area contributed by atoms with Crippen LogP contribution in [0.4, 0.5) is 30.4 Å². The van der Waals surface area contributed by atoms with Crippen molar-refractivity contribution >= 4 is 46.9 Å². The third-order valence-corrected chi connectivity index (χ3v) is 5.24. The minimum atomic E-state index is -4.61. The van der Waals surface area contributed by atoms with Crippen molar-refractivity contribution < 1.29 is 13.2 Å². The van der Waals surface area contributed by atoms with Crippen LogP contribution in [0.2, 0.25) is 5.02 Å². The lowest BCUT2D eigenvalue weighted by Crippen LogP contribution is -2.43. The Morgan fingerprint density at radius 1 is 1.35 bits per heavy atom. The van der Waals surface area contributed by atoms with Gasteiger partial charge in [-0.15, -0.1) is 0 Å². The van der Waals surface area contributed by atoms with E-state index < -0.39 is 18.1 Å². The summed E-state index contributed by atoms with van der Waals surface area (Å²) in [5.74, 6) is 0.181. The molecule has 4 heterocycles. The topological polar surface area (TPSA) is 118 Å². The SMILES string of the molecule is CC1(C(F)(F)F)CN(c2cnc(N/N=C\C=N)c(Cl)c2)c2cnc3cc(C#N)nn3c21. The summed E-state index contributed by atoms with van der Waals surface area (Å²) in [5.41, 5.74) is 0.736. The van der Waals surface area contributed by atoms with E-state index in [2.05, 4.69) is 25.6 Å². The monoisotopic (exact) mass is 447 g/mol. The van der Waals surface area contributed by atoms with Gasteiger partial charge in [0.25, 0.3) is 0 Å². The highest BCUT2D eigenvalue weighted by Crippen LogP contribution is 2.52. The predicted octanol–water partition coefficient (Wildman–Crippen LogP) is 3.67. The largest absolute Gasteiger partial charge is 0.401 e. The summed E-state index contributed by atoms with van der Waals surface area (Å²) in [4.78, 5) is 9.69. The summed E-state index contributed by atoms with van der Waals surface area (Å²) < 4.78 is 43.7. The third-order valence-electron chi connectivity index (χ3n) is 4.95. The standard InChI is InChI=1S/C18H13ClF3N9/c1-17(18(20,21)22)9-30(11-5-12(19)16(26-7-11)28-27-3-2-23)13-8-25-14-4-10(6-24)29-31(14)15(13)17/h2-5,7-8,23H,9H2,1H3,(H,26,28)/b23-2?,27-3-. The molecular formula is C18H13ClF3N9. The molecule has 31 heavy (non-hydrogen) atoms. The molecule has 1 unspecified atom stereocenters. The second-order valence-corrected chi connectivity index (χ2v) is 7.31. The number of halogens is 4. The zero-order chi connectivity index (χ0) is 22.4. The number of pyridine rings is 1. The molecule has 4 rings (SSSR count). The van der Waals surface area contributed by atoms with Crippen molar-refractivity contribution in [3.63, 3.8) is 0 Å². The van der Waals surface area contributed by atoms with Gasteiger partial charge in [-0.25, -0.2) is 14.5 Å². The number of hydrogen-bond donors (Lipinski definition) is 2. The highest BCUT2D eigenvalue weighted by atomic mass is 35.5. The number of hydrazone groups is 1. The summed E-state index contributed by atoms with van der Waals surface area (Å²) >= 11 is 6.22. The number of fused-ring (bicyclic) bond motifs is 3. The highest BCUT2D eigenvalue weighted by molar-refractivity contribution is 6.33. The lowest BCUT2D eigenvalue weighted by Gasteiger charge is -2.28. The third kappa shape index (κ3) is 3.23. The first-order valence-electron chi connectivity index (χ1n) is 8.77. The quantitative estimate of drug-likeness (QED) is 0.465. The molecule has 0 spiro atoms.